The molecule has 2 unspecified atom stereocenters. The van der Waals surface area contributed by atoms with E-state index in [9.17, 15) is 14.3 Å². The summed E-state index contributed by atoms with van der Waals surface area (Å²) < 4.78 is 14.9. The van der Waals surface area contributed by atoms with E-state index in [1.165, 1.54) is 13.9 Å². The first-order valence-corrected chi connectivity index (χ1v) is 9.69. The van der Waals surface area contributed by atoms with Crippen LogP contribution in [0.25, 0.3) is 22.2 Å². The van der Waals surface area contributed by atoms with Crippen molar-refractivity contribution >= 4 is 24.7 Å². The molecule has 0 saturated carbocycles. The third-order valence-electron chi connectivity index (χ3n) is 5.54. The number of nitrogens with one attached hydrogen (secondary N) is 2. The SMILES string of the molecule is BC1(O)ONC(=O)c2cccc3[nH]c(-c4ccc(C(C)CCCN)c(F)c4)c1c23. The van der Waals surface area contributed by atoms with Crippen molar-refractivity contribution in [3.8, 4) is 11.3 Å². The molecule has 1 aliphatic rings. The Kier molecular flexibility index (Phi) is 4.94. The number of rotatable bonds is 5. The van der Waals surface area contributed by atoms with Crippen LogP contribution in [0.3, 0.4) is 0 Å². The standard InChI is InChI=1S/C21H23BFN3O3/c1-11(4-3-9-24)13-8-7-12(10-15(13)23)19-18-17-14(5-2-6-16(17)25-19)20(27)26-29-21(18,22)28/h2,5-8,10-11,25,28H,3-4,9,22,24H2,1H3,(H,26,27). The number of halogens is 1. The lowest BCUT2D eigenvalue weighted by Crippen LogP contribution is -2.36. The molecule has 0 bridgehead atoms. The minimum absolute atomic E-state index is 0.0525. The first-order chi connectivity index (χ1) is 13.8. The second kappa shape index (κ2) is 7.29. The lowest BCUT2D eigenvalue weighted by atomic mass is 9.83. The number of H-pyrrole nitrogens is 1. The monoisotopic (exact) mass is 395 g/mol. The van der Waals surface area contributed by atoms with Gasteiger partial charge in [0, 0.05) is 22.0 Å². The quantitative estimate of drug-likeness (QED) is 0.498. The van der Waals surface area contributed by atoms with Gasteiger partial charge < -0.3 is 15.8 Å². The largest absolute Gasteiger partial charge is 0.368 e. The molecule has 0 radical (unpaired) electrons. The minimum Gasteiger partial charge on any atom is -0.368 e. The van der Waals surface area contributed by atoms with Crippen LogP contribution in [0, 0.1) is 5.82 Å². The van der Waals surface area contributed by atoms with Crippen molar-refractivity contribution < 1.29 is 19.1 Å². The van der Waals surface area contributed by atoms with Crippen LogP contribution in [0.5, 0.6) is 0 Å². The number of benzene rings is 2. The van der Waals surface area contributed by atoms with E-state index in [1.54, 1.807) is 24.3 Å². The van der Waals surface area contributed by atoms with Crippen molar-refractivity contribution in [3.05, 3.63) is 58.9 Å². The minimum atomic E-state index is -1.79. The molecule has 29 heavy (non-hydrogen) atoms. The molecule has 3 aromatic rings. The average molecular weight is 395 g/mol. The summed E-state index contributed by atoms with van der Waals surface area (Å²) in [5.41, 5.74) is 9.18. The molecular weight excluding hydrogens is 372 g/mol. The predicted octanol–water partition coefficient (Wildman–Crippen LogP) is 2.23. The van der Waals surface area contributed by atoms with Crippen molar-refractivity contribution in [3.63, 3.8) is 0 Å². The zero-order valence-corrected chi connectivity index (χ0v) is 16.4. The maximum Gasteiger partial charge on any atom is 0.275 e. The summed E-state index contributed by atoms with van der Waals surface area (Å²) in [6.45, 7) is 2.55. The Morgan fingerprint density at radius 3 is 2.86 bits per heavy atom. The zero-order valence-electron chi connectivity index (χ0n) is 16.4. The van der Waals surface area contributed by atoms with Crippen molar-refractivity contribution in [1.29, 1.82) is 0 Å². The number of hydrogen-bond donors (Lipinski definition) is 4. The first-order valence-electron chi connectivity index (χ1n) is 9.69. The van der Waals surface area contributed by atoms with Crippen LogP contribution in [0.2, 0.25) is 0 Å². The fourth-order valence-corrected chi connectivity index (χ4v) is 4.03. The fourth-order valence-electron chi connectivity index (χ4n) is 4.03. The molecule has 2 heterocycles. The molecule has 1 aromatic heterocycles. The van der Waals surface area contributed by atoms with E-state index in [-0.39, 0.29) is 11.7 Å². The van der Waals surface area contributed by atoms with Gasteiger partial charge >= 0.3 is 0 Å². The molecule has 6 nitrogen and oxygen atoms in total. The molecular formula is C21H23BFN3O3. The van der Waals surface area contributed by atoms with Crippen molar-refractivity contribution in [2.45, 2.75) is 31.4 Å². The van der Waals surface area contributed by atoms with E-state index in [0.717, 1.165) is 12.8 Å². The van der Waals surface area contributed by atoms with Gasteiger partial charge in [0.1, 0.15) is 5.82 Å². The van der Waals surface area contributed by atoms with Gasteiger partial charge in [0.2, 0.25) is 0 Å². The normalized spacial score (nSPS) is 19.8. The molecule has 150 valence electrons. The number of hydroxylamine groups is 1. The number of aromatic nitrogens is 1. The van der Waals surface area contributed by atoms with Gasteiger partial charge in [0.25, 0.3) is 5.91 Å². The molecule has 0 aliphatic carbocycles. The molecule has 5 N–H and O–H groups in total. The predicted molar refractivity (Wildman–Crippen MR) is 111 cm³/mol. The average Bonchev–Trinajstić information content (AvgIpc) is 3.06. The second-order valence-corrected chi connectivity index (χ2v) is 7.69. The van der Waals surface area contributed by atoms with Crippen molar-refractivity contribution in [2.24, 2.45) is 5.73 Å². The Bertz CT molecular complexity index is 1100. The van der Waals surface area contributed by atoms with Gasteiger partial charge in [0.05, 0.1) is 11.3 Å². The van der Waals surface area contributed by atoms with Gasteiger partial charge in [0.15, 0.2) is 13.5 Å². The maximum atomic E-state index is 14.9. The number of amides is 1. The van der Waals surface area contributed by atoms with Crippen LogP contribution in [0.1, 0.15) is 47.2 Å². The maximum absolute atomic E-state index is 14.9. The van der Waals surface area contributed by atoms with E-state index in [1.807, 2.05) is 13.0 Å². The van der Waals surface area contributed by atoms with Crippen LogP contribution in [-0.4, -0.2) is 30.4 Å². The van der Waals surface area contributed by atoms with Gasteiger partial charge in [-0.3, -0.25) is 4.79 Å². The van der Waals surface area contributed by atoms with E-state index in [2.05, 4.69) is 10.5 Å². The lowest BCUT2D eigenvalue weighted by molar-refractivity contribution is -0.174. The number of aromatic amines is 1. The molecule has 2 aromatic carbocycles. The van der Waals surface area contributed by atoms with Gasteiger partial charge in [-0.05, 0) is 49.1 Å². The highest BCUT2D eigenvalue weighted by molar-refractivity contribution is 6.19. The molecule has 0 spiro atoms. The number of aliphatic hydroxyl groups is 1. The summed E-state index contributed by atoms with van der Waals surface area (Å²) >= 11 is 0. The highest BCUT2D eigenvalue weighted by atomic mass is 19.1. The third-order valence-corrected chi connectivity index (χ3v) is 5.54. The number of carbonyl (C=O) groups excluding carboxylic acids is 1. The fraction of sp³-hybridized carbons (Fsp3) is 0.286. The van der Waals surface area contributed by atoms with Crippen LogP contribution >= 0.6 is 0 Å². The number of carbonyl (C=O) groups is 1. The summed E-state index contributed by atoms with van der Waals surface area (Å²) in [5.74, 6) is -0.714. The van der Waals surface area contributed by atoms with E-state index in [0.29, 0.717) is 45.4 Å². The highest BCUT2D eigenvalue weighted by Crippen LogP contribution is 2.40. The second-order valence-electron chi connectivity index (χ2n) is 7.69. The highest BCUT2D eigenvalue weighted by Gasteiger charge is 2.37. The number of nitrogens with two attached hydrogens (primary N) is 1. The topological polar surface area (TPSA) is 100 Å². The van der Waals surface area contributed by atoms with Crippen LogP contribution in [0.4, 0.5) is 4.39 Å². The molecule has 0 saturated heterocycles. The Hall–Kier alpha value is -2.68. The van der Waals surface area contributed by atoms with Crippen LogP contribution in [0.15, 0.2) is 36.4 Å². The van der Waals surface area contributed by atoms with Crippen molar-refractivity contribution in [1.82, 2.24) is 10.5 Å². The smallest absolute Gasteiger partial charge is 0.275 e. The molecule has 8 heteroatoms. The summed E-state index contributed by atoms with van der Waals surface area (Å²) in [6.07, 6.45) is 1.64. The Morgan fingerprint density at radius 2 is 2.14 bits per heavy atom. The van der Waals surface area contributed by atoms with Crippen LogP contribution < -0.4 is 11.2 Å². The molecule has 1 amide bonds. The lowest BCUT2D eigenvalue weighted by Gasteiger charge is -2.23. The summed E-state index contributed by atoms with van der Waals surface area (Å²) in [7, 11) is 1.45. The Labute approximate surface area is 168 Å². The summed E-state index contributed by atoms with van der Waals surface area (Å²) in [4.78, 5) is 20.8. The van der Waals surface area contributed by atoms with Gasteiger partial charge in [-0.2, -0.15) is 0 Å². The third kappa shape index (κ3) is 3.33. The zero-order chi connectivity index (χ0) is 20.8. The van der Waals surface area contributed by atoms with E-state index < -0.39 is 11.6 Å². The molecule has 2 atom stereocenters. The van der Waals surface area contributed by atoms with Crippen LogP contribution in [-0.2, 0) is 10.5 Å². The summed E-state index contributed by atoms with van der Waals surface area (Å²) in [6, 6.07) is 10.2. The van der Waals surface area contributed by atoms with Crippen molar-refractivity contribution in [2.75, 3.05) is 6.54 Å². The van der Waals surface area contributed by atoms with E-state index >= 15 is 0 Å². The van der Waals surface area contributed by atoms with Gasteiger partial charge in [-0.15, -0.1) is 0 Å². The Morgan fingerprint density at radius 1 is 1.34 bits per heavy atom. The number of hydrogen-bond acceptors (Lipinski definition) is 4. The Balaban J connectivity index is 1.87. The summed E-state index contributed by atoms with van der Waals surface area (Å²) in [5, 5.41) is 11.5. The van der Waals surface area contributed by atoms with E-state index in [4.69, 9.17) is 10.6 Å². The molecule has 4 rings (SSSR count). The molecule has 0 fully saturated rings. The van der Waals surface area contributed by atoms with Gasteiger partial charge in [-0.1, -0.05) is 25.1 Å². The first kappa shape index (κ1) is 19.6. The van der Waals surface area contributed by atoms with Gasteiger partial charge in [-0.25, -0.2) is 14.7 Å². The molecule has 1 aliphatic heterocycles.